The van der Waals surface area contributed by atoms with Crippen molar-refractivity contribution >= 4 is 23.3 Å². The Morgan fingerprint density at radius 3 is 2.54 bits per heavy atom. The zero-order chi connectivity index (χ0) is 18.3. The second kappa shape index (κ2) is 6.83. The molecular weight excluding hydrogens is 356 g/mol. The zero-order valence-electron chi connectivity index (χ0n) is 14.5. The van der Waals surface area contributed by atoms with Gasteiger partial charge in [-0.15, -0.1) is 0 Å². The predicted octanol–water partition coefficient (Wildman–Crippen LogP) is 3.70. The number of thioether (sulfide) groups is 1. The molecule has 0 aliphatic carbocycles. The third-order valence-electron chi connectivity index (χ3n) is 4.84. The van der Waals surface area contributed by atoms with E-state index in [1.54, 1.807) is 12.4 Å². The molecule has 1 fully saturated rings. The quantitative estimate of drug-likeness (QED) is 0.884. The average Bonchev–Trinajstić information content (AvgIpc) is 3.18. The predicted molar refractivity (Wildman–Crippen MR) is 101 cm³/mol. The Morgan fingerprint density at radius 1 is 1.15 bits per heavy atom. The highest BCUT2D eigenvalue weighted by molar-refractivity contribution is 8.03. The molecule has 2 aliphatic heterocycles. The minimum absolute atomic E-state index is 0.0163. The molecule has 1 atom stereocenters. The number of halogens is 2. The largest absolute Gasteiger partial charge is 0.392 e. The summed E-state index contributed by atoms with van der Waals surface area (Å²) in [4.78, 5) is 4.12. The van der Waals surface area contributed by atoms with Gasteiger partial charge in [0.25, 0.3) is 0 Å². The second-order valence-electron chi connectivity index (χ2n) is 6.57. The highest BCUT2D eigenvalue weighted by Gasteiger charge is 2.35. The third-order valence-corrected chi connectivity index (χ3v) is 5.90. The molecule has 2 aliphatic rings. The molecule has 0 bridgehead atoms. The van der Waals surface area contributed by atoms with Crippen molar-refractivity contribution in [3.05, 3.63) is 52.8 Å². The van der Waals surface area contributed by atoms with Crippen LogP contribution in [-0.4, -0.2) is 22.9 Å². The van der Waals surface area contributed by atoms with Gasteiger partial charge in [-0.2, -0.15) is 5.10 Å². The van der Waals surface area contributed by atoms with E-state index in [4.69, 9.17) is 5.73 Å². The van der Waals surface area contributed by atoms with Crippen LogP contribution in [0.2, 0.25) is 0 Å². The van der Waals surface area contributed by atoms with Crippen molar-refractivity contribution in [3.8, 4) is 0 Å². The SMILES string of the molecule is Cn1ncc(N2C=C(N)SC2c2c(F)cccc2F)c1N1CCCCC1. The number of anilines is 2. The molecule has 2 N–H and O–H groups in total. The number of benzene rings is 1. The van der Waals surface area contributed by atoms with Gasteiger partial charge >= 0.3 is 0 Å². The number of aryl methyl sites for hydroxylation is 1. The number of hydrogen-bond acceptors (Lipinski definition) is 5. The molecule has 5 nitrogen and oxygen atoms in total. The minimum atomic E-state index is -0.594. The molecule has 1 saturated heterocycles. The number of rotatable bonds is 3. The van der Waals surface area contributed by atoms with Gasteiger partial charge in [0.05, 0.1) is 16.8 Å². The second-order valence-corrected chi connectivity index (χ2v) is 7.72. The Kier molecular flexibility index (Phi) is 4.52. The van der Waals surface area contributed by atoms with Gasteiger partial charge in [-0.25, -0.2) is 8.78 Å². The molecule has 0 radical (unpaired) electrons. The summed E-state index contributed by atoms with van der Waals surface area (Å²) in [6, 6.07) is 3.93. The first-order chi connectivity index (χ1) is 12.6. The number of hydrogen-bond donors (Lipinski definition) is 1. The maximum absolute atomic E-state index is 14.4. The van der Waals surface area contributed by atoms with E-state index < -0.39 is 17.0 Å². The summed E-state index contributed by atoms with van der Waals surface area (Å²) in [7, 11) is 1.89. The Hall–Kier alpha value is -2.22. The molecule has 0 saturated carbocycles. The van der Waals surface area contributed by atoms with Crippen LogP contribution >= 0.6 is 11.8 Å². The fourth-order valence-electron chi connectivity index (χ4n) is 3.64. The van der Waals surface area contributed by atoms with Gasteiger partial charge in [0.15, 0.2) is 5.82 Å². The molecule has 8 heteroatoms. The van der Waals surface area contributed by atoms with Crippen LogP contribution in [0.3, 0.4) is 0 Å². The third kappa shape index (κ3) is 2.92. The molecule has 3 heterocycles. The lowest BCUT2D eigenvalue weighted by Crippen LogP contribution is -2.32. The van der Waals surface area contributed by atoms with Crippen molar-refractivity contribution in [1.82, 2.24) is 9.78 Å². The molecule has 1 aromatic carbocycles. The molecule has 138 valence electrons. The summed E-state index contributed by atoms with van der Waals surface area (Å²) in [5, 5.41) is 4.33. The number of aromatic nitrogens is 2. The molecule has 0 spiro atoms. The van der Waals surface area contributed by atoms with E-state index in [1.807, 2.05) is 16.6 Å². The van der Waals surface area contributed by atoms with E-state index in [0.29, 0.717) is 5.03 Å². The van der Waals surface area contributed by atoms with Crippen molar-refractivity contribution < 1.29 is 8.78 Å². The highest BCUT2D eigenvalue weighted by Crippen LogP contribution is 2.48. The van der Waals surface area contributed by atoms with Gasteiger partial charge in [0.1, 0.15) is 22.7 Å². The van der Waals surface area contributed by atoms with Crippen LogP contribution in [0.1, 0.15) is 30.2 Å². The van der Waals surface area contributed by atoms with E-state index in [2.05, 4.69) is 10.00 Å². The Bertz CT molecular complexity index is 824. The van der Waals surface area contributed by atoms with E-state index in [9.17, 15) is 8.78 Å². The Balaban J connectivity index is 1.76. The standard InChI is InChI=1S/C18H21F2N5S/c1-23-17(24-8-3-2-4-9-24)14(10-22-23)25-11-15(21)26-18(25)16-12(19)6-5-7-13(16)20/h5-7,10-11,18H,2-4,8-9,21H2,1H3. The van der Waals surface area contributed by atoms with E-state index in [0.717, 1.165) is 37.4 Å². The maximum Gasteiger partial charge on any atom is 0.150 e. The van der Waals surface area contributed by atoms with Gasteiger partial charge in [0.2, 0.25) is 0 Å². The number of nitrogens with two attached hydrogens (primary N) is 1. The van der Waals surface area contributed by atoms with Crippen molar-refractivity contribution in [2.24, 2.45) is 12.8 Å². The van der Waals surface area contributed by atoms with Crippen molar-refractivity contribution in [1.29, 1.82) is 0 Å². The first kappa shape index (κ1) is 17.2. The number of piperidine rings is 1. The minimum Gasteiger partial charge on any atom is -0.392 e. The van der Waals surface area contributed by atoms with Crippen LogP contribution in [0.25, 0.3) is 0 Å². The molecule has 1 aromatic heterocycles. The lowest BCUT2D eigenvalue weighted by molar-refractivity contribution is 0.552. The maximum atomic E-state index is 14.4. The summed E-state index contributed by atoms with van der Waals surface area (Å²) in [5.41, 5.74) is 6.85. The summed E-state index contributed by atoms with van der Waals surface area (Å²) in [5.74, 6) is -0.184. The fraction of sp³-hybridized carbons (Fsp3) is 0.389. The fourth-order valence-corrected chi connectivity index (χ4v) is 4.70. The monoisotopic (exact) mass is 377 g/mol. The lowest BCUT2D eigenvalue weighted by Gasteiger charge is -2.32. The smallest absolute Gasteiger partial charge is 0.150 e. The van der Waals surface area contributed by atoms with E-state index in [1.165, 1.54) is 36.4 Å². The topological polar surface area (TPSA) is 50.3 Å². The summed E-state index contributed by atoms with van der Waals surface area (Å²) < 4.78 is 30.6. The highest BCUT2D eigenvalue weighted by atomic mass is 32.2. The number of nitrogens with zero attached hydrogens (tertiary/aromatic N) is 4. The summed E-state index contributed by atoms with van der Waals surface area (Å²) in [6.07, 6.45) is 6.96. The average molecular weight is 377 g/mol. The van der Waals surface area contributed by atoms with Crippen molar-refractivity contribution in [3.63, 3.8) is 0 Å². The van der Waals surface area contributed by atoms with Gasteiger partial charge in [-0.3, -0.25) is 4.68 Å². The van der Waals surface area contributed by atoms with Crippen LogP contribution in [0, 0.1) is 11.6 Å². The molecule has 0 amide bonds. The summed E-state index contributed by atoms with van der Waals surface area (Å²) >= 11 is 1.24. The molecule has 26 heavy (non-hydrogen) atoms. The van der Waals surface area contributed by atoms with Gasteiger partial charge < -0.3 is 15.5 Å². The zero-order valence-corrected chi connectivity index (χ0v) is 15.3. The van der Waals surface area contributed by atoms with Crippen LogP contribution in [-0.2, 0) is 7.05 Å². The van der Waals surface area contributed by atoms with Gasteiger partial charge in [0, 0.05) is 26.3 Å². The van der Waals surface area contributed by atoms with Crippen LogP contribution < -0.4 is 15.5 Å². The first-order valence-electron chi connectivity index (χ1n) is 8.69. The van der Waals surface area contributed by atoms with Gasteiger partial charge in [-0.05, 0) is 31.4 Å². The Labute approximate surface area is 155 Å². The van der Waals surface area contributed by atoms with Crippen LogP contribution in [0.15, 0.2) is 35.6 Å². The first-order valence-corrected chi connectivity index (χ1v) is 9.57. The van der Waals surface area contributed by atoms with E-state index >= 15 is 0 Å². The lowest BCUT2D eigenvalue weighted by atomic mass is 10.1. The molecule has 4 rings (SSSR count). The van der Waals surface area contributed by atoms with Crippen molar-refractivity contribution in [2.75, 3.05) is 22.9 Å². The molecule has 2 aromatic rings. The van der Waals surface area contributed by atoms with E-state index in [-0.39, 0.29) is 5.56 Å². The summed E-state index contributed by atoms with van der Waals surface area (Å²) in [6.45, 7) is 1.90. The van der Waals surface area contributed by atoms with Crippen LogP contribution in [0.4, 0.5) is 20.3 Å². The van der Waals surface area contributed by atoms with Gasteiger partial charge in [-0.1, -0.05) is 17.8 Å². The van der Waals surface area contributed by atoms with Crippen LogP contribution in [0.5, 0.6) is 0 Å². The molecular formula is C18H21F2N5S. The Morgan fingerprint density at radius 2 is 1.85 bits per heavy atom. The normalized spacial score (nSPS) is 20.6. The molecule has 1 unspecified atom stereocenters. The van der Waals surface area contributed by atoms with Crippen molar-refractivity contribution in [2.45, 2.75) is 24.6 Å².